The van der Waals surface area contributed by atoms with Gasteiger partial charge in [0.1, 0.15) is 18.2 Å². The van der Waals surface area contributed by atoms with Gasteiger partial charge < -0.3 is 19.1 Å². The molecule has 0 aromatic carbocycles. The van der Waals surface area contributed by atoms with Crippen LogP contribution in [0.1, 0.15) is 86.1 Å². The highest BCUT2D eigenvalue weighted by Crippen LogP contribution is 2.38. The average Bonchev–Trinajstić information content (AvgIpc) is 3.25. The van der Waals surface area contributed by atoms with Crippen molar-refractivity contribution in [2.24, 2.45) is 0 Å². The van der Waals surface area contributed by atoms with Crippen molar-refractivity contribution in [3.05, 3.63) is 146 Å². The van der Waals surface area contributed by atoms with Gasteiger partial charge in [-0.25, -0.2) is 0 Å². The zero-order valence-corrected chi connectivity index (χ0v) is 43.0. The van der Waals surface area contributed by atoms with Crippen molar-refractivity contribution in [1.29, 1.82) is 15.8 Å². The molecule has 0 saturated heterocycles. The Morgan fingerprint density at radius 1 is 0.532 bits per heavy atom. The van der Waals surface area contributed by atoms with Gasteiger partial charge in [-0.1, -0.05) is 41.5 Å². The Kier molecular flexibility index (Phi) is 24.9. The van der Waals surface area contributed by atoms with Crippen molar-refractivity contribution >= 4 is 60.1 Å². The number of nitriles is 3. The number of halogens is 3. The van der Waals surface area contributed by atoms with E-state index in [0.29, 0.717) is 41.3 Å². The summed E-state index contributed by atoms with van der Waals surface area (Å²) in [6, 6.07) is 15.1. The first-order valence-electron chi connectivity index (χ1n) is 19.3. The minimum Gasteiger partial charge on any atom is -0.413 e. The standard InChI is InChI=1S/C13H20N2OSi.C12H20BrNOSi.C7H5ClN2.C7H6N2O.C6H6BrNO/c1-13(2,3)17(4,5)16-10-11-6-7-15-9-12(11)8-14;1-12(2,3)16(4,5)15-9-10-6-7-14-8-11(10)13;8-3-6-1-2-10-5-7(6)4-9;8-3-7-4-9-2-1-6(7)5-10;7-6-3-8-2-1-5(6)4-9/h6-7,9H,10H2,1-5H3;6-8H,9H2,1-5H3;1-2,5H,3H2;1-2,4,10H,5H2;1-3,9H,4H2. The van der Waals surface area contributed by atoms with E-state index in [0.717, 1.165) is 25.6 Å². The minimum absolute atomic E-state index is 0.0586. The third-order valence-electron chi connectivity index (χ3n) is 10.1. The molecular formula is C45H57Br2ClN8O4Si2. The second-order valence-corrected chi connectivity index (χ2v) is 28.0. The van der Waals surface area contributed by atoms with E-state index < -0.39 is 16.6 Å². The molecule has 5 aromatic heterocycles. The Labute approximate surface area is 391 Å². The highest BCUT2D eigenvalue weighted by Gasteiger charge is 2.38. The van der Waals surface area contributed by atoms with Gasteiger partial charge in [0.15, 0.2) is 16.6 Å². The average molecular weight is 1030 g/mol. The summed E-state index contributed by atoms with van der Waals surface area (Å²) >= 11 is 12.3. The summed E-state index contributed by atoms with van der Waals surface area (Å²) in [4.78, 5) is 19.3. The number of aromatic nitrogens is 5. The van der Waals surface area contributed by atoms with Crippen LogP contribution in [0.15, 0.2) is 101 Å². The van der Waals surface area contributed by atoms with E-state index in [1.165, 1.54) is 18.0 Å². The first kappa shape index (κ1) is 55.8. The molecular weight excluding hydrogens is 968 g/mol. The Morgan fingerprint density at radius 2 is 0.839 bits per heavy atom. The Balaban J connectivity index is 0.000000397. The molecule has 0 fully saturated rings. The molecule has 5 heterocycles. The van der Waals surface area contributed by atoms with Crippen molar-refractivity contribution in [3.8, 4) is 18.2 Å². The third kappa shape index (κ3) is 19.4. The van der Waals surface area contributed by atoms with E-state index in [1.807, 2.05) is 30.5 Å². The van der Waals surface area contributed by atoms with Crippen LogP contribution >= 0.6 is 43.5 Å². The summed E-state index contributed by atoms with van der Waals surface area (Å²) < 4.78 is 14.1. The van der Waals surface area contributed by atoms with Crippen LogP contribution in [-0.2, 0) is 41.2 Å². The van der Waals surface area contributed by atoms with Crippen LogP contribution in [0.5, 0.6) is 0 Å². The molecule has 0 bridgehead atoms. The molecule has 17 heteroatoms. The third-order valence-corrected chi connectivity index (χ3v) is 20.8. The molecule has 5 aromatic rings. The van der Waals surface area contributed by atoms with Gasteiger partial charge in [0.25, 0.3) is 0 Å². The van der Waals surface area contributed by atoms with Gasteiger partial charge in [0.05, 0.1) is 43.1 Å². The van der Waals surface area contributed by atoms with E-state index in [4.69, 9.17) is 46.5 Å². The Hall–Kier alpha value is -4.26. The summed E-state index contributed by atoms with van der Waals surface area (Å²) in [6.07, 6.45) is 16.3. The molecule has 0 atom stereocenters. The zero-order chi connectivity index (χ0) is 47.0. The van der Waals surface area contributed by atoms with Gasteiger partial charge in [-0.05, 0) is 126 Å². The van der Waals surface area contributed by atoms with Crippen LogP contribution in [-0.4, -0.2) is 51.8 Å². The normalized spacial score (nSPS) is 10.9. The van der Waals surface area contributed by atoms with Crippen molar-refractivity contribution in [2.45, 2.75) is 110 Å². The molecule has 330 valence electrons. The lowest BCUT2D eigenvalue weighted by Crippen LogP contribution is -2.40. The summed E-state index contributed by atoms with van der Waals surface area (Å²) in [5, 5.41) is 43.7. The fourth-order valence-electron chi connectivity index (χ4n) is 3.95. The lowest BCUT2D eigenvalue weighted by atomic mass is 10.2. The van der Waals surface area contributed by atoms with Crippen LogP contribution in [0.2, 0.25) is 36.3 Å². The van der Waals surface area contributed by atoms with Gasteiger partial charge in [-0.15, -0.1) is 11.6 Å². The summed E-state index contributed by atoms with van der Waals surface area (Å²) in [5.74, 6) is 0.366. The van der Waals surface area contributed by atoms with Gasteiger partial charge in [-0.3, -0.25) is 24.9 Å². The number of hydrogen-bond donors (Lipinski definition) is 2. The van der Waals surface area contributed by atoms with Gasteiger partial charge in [0.2, 0.25) is 0 Å². The fraction of sp³-hybridized carbons (Fsp3) is 0.378. The molecule has 0 spiro atoms. The Morgan fingerprint density at radius 3 is 1.15 bits per heavy atom. The lowest BCUT2D eigenvalue weighted by Gasteiger charge is -2.36. The van der Waals surface area contributed by atoms with Crippen molar-refractivity contribution in [1.82, 2.24) is 24.9 Å². The zero-order valence-electron chi connectivity index (χ0n) is 37.1. The number of hydrogen-bond acceptors (Lipinski definition) is 12. The molecule has 0 unspecified atom stereocenters. The quantitative estimate of drug-likeness (QED) is 0.105. The maximum atomic E-state index is 8.97. The second kappa shape index (κ2) is 27.7. The molecule has 0 amide bonds. The Bertz CT molecular complexity index is 2200. The van der Waals surface area contributed by atoms with Crippen molar-refractivity contribution in [3.63, 3.8) is 0 Å². The molecule has 0 aliphatic heterocycles. The largest absolute Gasteiger partial charge is 0.413 e. The highest BCUT2D eigenvalue weighted by atomic mass is 79.9. The molecule has 62 heavy (non-hydrogen) atoms. The SMILES string of the molecule is CC(C)(C)[Si](C)(C)OCc1ccncc1Br.CC(C)(C)[Si](C)(C)OCc1ccncc1C#N.N#Cc1cnccc1CCl.N#Cc1cnccc1CO.OCc1ccncc1Br. The molecule has 5 rings (SSSR count). The number of aliphatic hydroxyl groups is 2. The molecule has 2 N–H and O–H groups in total. The number of rotatable bonds is 9. The molecule has 0 saturated carbocycles. The molecule has 12 nitrogen and oxygen atoms in total. The number of alkyl halides is 1. The van der Waals surface area contributed by atoms with Crippen molar-refractivity contribution in [2.75, 3.05) is 0 Å². The topological polar surface area (TPSA) is 195 Å². The maximum Gasteiger partial charge on any atom is 0.192 e. The van der Waals surface area contributed by atoms with Gasteiger partial charge in [0, 0.05) is 76.8 Å². The molecule has 0 radical (unpaired) electrons. The second-order valence-electron chi connectivity index (χ2n) is 16.4. The first-order chi connectivity index (χ1) is 29.1. The summed E-state index contributed by atoms with van der Waals surface area (Å²) in [5.41, 5.74) is 6.00. The van der Waals surface area contributed by atoms with Crippen LogP contribution < -0.4 is 0 Å². The number of aliphatic hydroxyl groups excluding tert-OH is 2. The van der Waals surface area contributed by atoms with Gasteiger partial charge in [-0.2, -0.15) is 15.8 Å². The lowest BCUT2D eigenvalue weighted by molar-refractivity contribution is 0.275. The van der Waals surface area contributed by atoms with Crippen LogP contribution in [0.3, 0.4) is 0 Å². The molecule has 0 aliphatic carbocycles. The number of pyridine rings is 5. The number of nitrogens with zero attached hydrogens (tertiary/aromatic N) is 8. The predicted molar refractivity (Wildman–Crippen MR) is 256 cm³/mol. The van der Waals surface area contributed by atoms with E-state index in [-0.39, 0.29) is 23.3 Å². The van der Waals surface area contributed by atoms with Gasteiger partial charge >= 0.3 is 0 Å². The molecule has 0 aliphatic rings. The van der Waals surface area contributed by atoms with E-state index >= 15 is 0 Å². The minimum atomic E-state index is -1.75. The van der Waals surface area contributed by atoms with Crippen LogP contribution in [0.4, 0.5) is 0 Å². The van der Waals surface area contributed by atoms with E-state index in [2.05, 4.69) is 131 Å². The highest BCUT2D eigenvalue weighted by molar-refractivity contribution is 9.10. The first-order valence-corrected chi connectivity index (χ1v) is 27.3. The maximum absolute atomic E-state index is 8.97. The smallest absolute Gasteiger partial charge is 0.192 e. The van der Waals surface area contributed by atoms with Crippen molar-refractivity contribution < 1.29 is 19.1 Å². The predicted octanol–water partition coefficient (Wildman–Crippen LogP) is 11.3. The van der Waals surface area contributed by atoms with E-state index in [1.54, 1.807) is 61.6 Å². The fourth-order valence-corrected chi connectivity index (χ4v) is 6.83. The van der Waals surface area contributed by atoms with E-state index in [9.17, 15) is 0 Å². The van der Waals surface area contributed by atoms with Crippen LogP contribution in [0, 0.1) is 34.0 Å². The monoisotopic (exact) mass is 1020 g/mol. The summed E-state index contributed by atoms with van der Waals surface area (Å²) in [7, 11) is -3.41. The summed E-state index contributed by atoms with van der Waals surface area (Å²) in [6.45, 7) is 23.4. The van der Waals surface area contributed by atoms with Crippen LogP contribution in [0.25, 0.3) is 0 Å².